The van der Waals surface area contributed by atoms with Gasteiger partial charge in [0.05, 0.1) is 0 Å². The molecule has 1 saturated carbocycles. The number of piperazine rings is 1. The van der Waals surface area contributed by atoms with Gasteiger partial charge in [0.2, 0.25) is 0 Å². The molecule has 0 radical (unpaired) electrons. The van der Waals surface area contributed by atoms with Crippen LogP contribution in [-0.2, 0) is 6.54 Å². The van der Waals surface area contributed by atoms with Gasteiger partial charge >= 0.3 is 0 Å². The summed E-state index contributed by atoms with van der Waals surface area (Å²) in [4.78, 5) is 10.9. The van der Waals surface area contributed by atoms with E-state index in [9.17, 15) is 0 Å². The van der Waals surface area contributed by atoms with Crippen molar-refractivity contribution in [1.29, 1.82) is 0 Å². The molecule has 0 unspecified atom stereocenters. The highest BCUT2D eigenvalue weighted by atomic mass is 32.1. The van der Waals surface area contributed by atoms with Gasteiger partial charge in [-0.25, -0.2) is 4.98 Å². The second kappa shape index (κ2) is 6.87. The van der Waals surface area contributed by atoms with Crippen molar-refractivity contribution in [3.63, 3.8) is 0 Å². The molecule has 112 valence electrons. The molecular weight excluding hydrogens is 268 g/mol. The Morgan fingerprint density at radius 2 is 2.00 bits per heavy atom. The molecule has 0 atom stereocenters. The third-order valence-corrected chi connectivity index (χ3v) is 5.61. The van der Waals surface area contributed by atoms with Gasteiger partial charge in [0.1, 0.15) is 0 Å². The lowest BCUT2D eigenvalue weighted by Crippen LogP contribution is -2.46. The maximum absolute atomic E-state index is 4.62. The molecule has 1 N–H and O–H groups in total. The first-order valence-corrected chi connectivity index (χ1v) is 8.82. The molecule has 3 rings (SSSR count). The normalized spacial score (nSPS) is 21.8. The zero-order valence-electron chi connectivity index (χ0n) is 12.5. The summed E-state index contributed by atoms with van der Waals surface area (Å²) in [5, 5.41) is 4.89. The van der Waals surface area contributed by atoms with Crippen molar-refractivity contribution in [2.24, 2.45) is 0 Å². The molecule has 1 aromatic heterocycles. The second-order valence-corrected chi connectivity index (χ2v) is 6.99. The molecule has 1 aliphatic heterocycles. The van der Waals surface area contributed by atoms with E-state index in [1.54, 1.807) is 0 Å². The van der Waals surface area contributed by atoms with Crippen LogP contribution in [0.15, 0.2) is 6.20 Å². The Morgan fingerprint density at radius 3 is 2.70 bits per heavy atom. The fourth-order valence-corrected chi connectivity index (χ4v) is 4.07. The standard InChI is InChI=1S/C15H26N4S/c1-2-18-7-9-19(10-8-18)15-17-12-14(20-15)11-16-13-5-3-4-6-13/h12-13,16H,2-11H2,1H3. The van der Waals surface area contributed by atoms with E-state index in [0.29, 0.717) is 0 Å². The molecule has 0 aromatic carbocycles. The van der Waals surface area contributed by atoms with E-state index < -0.39 is 0 Å². The zero-order chi connectivity index (χ0) is 13.8. The molecule has 1 aliphatic carbocycles. The average Bonchev–Trinajstić information content (AvgIpc) is 3.17. The van der Waals surface area contributed by atoms with E-state index in [2.05, 4.69) is 33.2 Å². The Bertz CT molecular complexity index is 406. The van der Waals surface area contributed by atoms with Crippen molar-refractivity contribution in [2.45, 2.75) is 45.2 Å². The topological polar surface area (TPSA) is 31.4 Å². The Kier molecular flexibility index (Phi) is 4.91. The second-order valence-electron chi connectivity index (χ2n) is 5.89. The quantitative estimate of drug-likeness (QED) is 0.903. The van der Waals surface area contributed by atoms with E-state index in [4.69, 9.17) is 0 Å². The number of aromatic nitrogens is 1. The zero-order valence-corrected chi connectivity index (χ0v) is 13.3. The van der Waals surface area contributed by atoms with Crippen molar-refractivity contribution in [3.05, 3.63) is 11.1 Å². The van der Waals surface area contributed by atoms with Gasteiger partial charge in [-0.1, -0.05) is 19.8 Å². The van der Waals surface area contributed by atoms with Gasteiger partial charge in [-0.05, 0) is 19.4 Å². The number of anilines is 1. The summed E-state index contributed by atoms with van der Waals surface area (Å²) in [6.07, 6.45) is 7.56. The number of likely N-dealkylation sites (N-methyl/N-ethyl adjacent to an activating group) is 1. The molecule has 5 heteroatoms. The number of nitrogens with one attached hydrogen (secondary N) is 1. The van der Waals surface area contributed by atoms with Crippen LogP contribution in [0.3, 0.4) is 0 Å². The summed E-state index contributed by atoms with van der Waals surface area (Å²) in [5.41, 5.74) is 0. The lowest BCUT2D eigenvalue weighted by molar-refractivity contribution is 0.271. The highest BCUT2D eigenvalue weighted by molar-refractivity contribution is 7.15. The van der Waals surface area contributed by atoms with Gasteiger partial charge < -0.3 is 15.1 Å². The van der Waals surface area contributed by atoms with Crippen molar-refractivity contribution >= 4 is 16.5 Å². The minimum absolute atomic E-state index is 0.744. The van der Waals surface area contributed by atoms with Crippen molar-refractivity contribution in [1.82, 2.24) is 15.2 Å². The van der Waals surface area contributed by atoms with Crippen LogP contribution in [0.2, 0.25) is 0 Å². The molecule has 2 heterocycles. The summed E-state index contributed by atoms with van der Waals surface area (Å²) < 4.78 is 0. The average molecular weight is 294 g/mol. The third kappa shape index (κ3) is 3.51. The molecule has 0 amide bonds. The fraction of sp³-hybridized carbons (Fsp3) is 0.800. The van der Waals surface area contributed by atoms with Crippen molar-refractivity contribution < 1.29 is 0 Å². The maximum Gasteiger partial charge on any atom is 0.185 e. The smallest absolute Gasteiger partial charge is 0.185 e. The summed E-state index contributed by atoms with van der Waals surface area (Å²) >= 11 is 1.87. The predicted molar refractivity (Wildman–Crippen MR) is 85.5 cm³/mol. The molecule has 4 nitrogen and oxygen atoms in total. The Morgan fingerprint density at radius 1 is 1.25 bits per heavy atom. The summed E-state index contributed by atoms with van der Waals surface area (Å²) in [6.45, 7) is 9.00. The molecule has 2 aliphatic rings. The van der Waals surface area contributed by atoms with E-state index in [1.807, 2.05) is 11.3 Å². The van der Waals surface area contributed by atoms with Crippen molar-refractivity contribution in [2.75, 3.05) is 37.6 Å². The molecular formula is C15H26N4S. The molecule has 1 saturated heterocycles. The van der Waals surface area contributed by atoms with Gasteiger partial charge in [0, 0.05) is 49.8 Å². The van der Waals surface area contributed by atoms with E-state index in [0.717, 1.165) is 25.7 Å². The molecule has 2 fully saturated rings. The number of hydrogen-bond acceptors (Lipinski definition) is 5. The number of nitrogens with zero attached hydrogens (tertiary/aromatic N) is 3. The first-order chi connectivity index (χ1) is 9.85. The van der Waals surface area contributed by atoms with Gasteiger partial charge in [0.15, 0.2) is 5.13 Å². The third-order valence-electron chi connectivity index (χ3n) is 4.55. The Balaban J connectivity index is 1.49. The van der Waals surface area contributed by atoms with Crippen LogP contribution in [0.25, 0.3) is 0 Å². The van der Waals surface area contributed by atoms with Gasteiger partial charge in [-0.2, -0.15) is 0 Å². The first kappa shape index (κ1) is 14.3. The lowest BCUT2D eigenvalue weighted by Gasteiger charge is -2.33. The molecule has 1 aromatic rings. The van der Waals surface area contributed by atoms with Crippen LogP contribution >= 0.6 is 11.3 Å². The Labute approximate surface area is 126 Å². The molecule has 20 heavy (non-hydrogen) atoms. The highest BCUT2D eigenvalue weighted by Gasteiger charge is 2.19. The number of thiazole rings is 1. The fourth-order valence-electron chi connectivity index (χ4n) is 3.16. The summed E-state index contributed by atoms with van der Waals surface area (Å²) in [7, 11) is 0. The van der Waals surface area contributed by atoms with Crippen LogP contribution in [-0.4, -0.2) is 48.6 Å². The van der Waals surface area contributed by atoms with Gasteiger partial charge in [-0.3, -0.25) is 0 Å². The predicted octanol–water partition coefficient (Wildman–Crippen LogP) is 2.32. The van der Waals surface area contributed by atoms with Crippen LogP contribution in [0.4, 0.5) is 5.13 Å². The molecule has 0 bridgehead atoms. The lowest BCUT2D eigenvalue weighted by atomic mass is 10.2. The maximum atomic E-state index is 4.62. The van der Waals surface area contributed by atoms with Crippen LogP contribution in [0.5, 0.6) is 0 Å². The largest absolute Gasteiger partial charge is 0.346 e. The highest BCUT2D eigenvalue weighted by Crippen LogP contribution is 2.24. The van der Waals surface area contributed by atoms with Crippen LogP contribution in [0.1, 0.15) is 37.5 Å². The van der Waals surface area contributed by atoms with E-state index >= 15 is 0 Å². The summed E-state index contributed by atoms with van der Waals surface area (Å²) in [5.74, 6) is 0. The van der Waals surface area contributed by atoms with Gasteiger partial charge in [-0.15, -0.1) is 11.3 Å². The molecule has 0 spiro atoms. The monoisotopic (exact) mass is 294 g/mol. The SMILES string of the molecule is CCN1CCN(c2ncc(CNC3CCCC3)s2)CC1. The first-order valence-electron chi connectivity index (χ1n) is 8.00. The van der Waals surface area contributed by atoms with Crippen LogP contribution < -0.4 is 10.2 Å². The number of hydrogen-bond donors (Lipinski definition) is 1. The van der Waals surface area contributed by atoms with Crippen LogP contribution in [0, 0.1) is 0 Å². The Hall–Kier alpha value is -0.650. The number of rotatable bonds is 5. The van der Waals surface area contributed by atoms with E-state index in [1.165, 1.54) is 55.3 Å². The minimum atomic E-state index is 0.744. The summed E-state index contributed by atoms with van der Waals surface area (Å²) in [6, 6.07) is 0.744. The van der Waals surface area contributed by atoms with Crippen molar-refractivity contribution in [3.8, 4) is 0 Å². The van der Waals surface area contributed by atoms with Gasteiger partial charge in [0.25, 0.3) is 0 Å². The minimum Gasteiger partial charge on any atom is -0.346 e. The van der Waals surface area contributed by atoms with E-state index in [-0.39, 0.29) is 0 Å².